The highest BCUT2D eigenvalue weighted by Crippen LogP contribution is 2.31. The smallest absolute Gasteiger partial charge is 0.296 e. The Morgan fingerprint density at radius 1 is 1.03 bits per heavy atom. The lowest BCUT2D eigenvalue weighted by Gasteiger charge is -2.23. The quantitative estimate of drug-likeness (QED) is 0.395. The summed E-state index contributed by atoms with van der Waals surface area (Å²) in [5, 5.41) is 11.3. The third-order valence-corrected chi connectivity index (χ3v) is 5.85. The molecule has 5 rings (SSSR count). The van der Waals surface area contributed by atoms with Crippen molar-refractivity contribution in [1.82, 2.24) is 14.6 Å². The monoisotopic (exact) mass is 485 g/mol. The van der Waals surface area contributed by atoms with Gasteiger partial charge in [0, 0.05) is 29.3 Å². The maximum absolute atomic E-state index is 14.0. The van der Waals surface area contributed by atoms with Gasteiger partial charge in [-0.3, -0.25) is 10.0 Å². The largest absolute Gasteiger partial charge is 0.372 e. The van der Waals surface area contributed by atoms with E-state index in [1.54, 1.807) is 36.5 Å². The van der Waals surface area contributed by atoms with Gasteiger partial charge >= 0.3 is 0 Å². The van der Waals surface area contributed by atoms with Crippen LogP contribution in [0.2, 0.25) is 0 Å². The topological polar surface area (TPSA) is 67.6 Å². The number of nitrogens with zero attached hydrogens (tertiary/aromatic N) is 3. The Morgan fingerprint density at radius 3 is 2.53 bits per heavy atom. The number of hydrogen-bond donors (Lipinski definition) is 1. The second kappa shape index (κ2) is 9.89. The Labute approximate surface area is 200 Å². The minimum Gasteiger partial charge on any atom is -0.372 e. The average Bonchev–Trinajstić information content (AvgIpc) is 3.16. The molecule has 1 amide bonds. The predicted octanol–water partition coefficient (Wildman–Crippen LogP) is 4.89. The van der Waals surface area contributed by atoms with E-state index in [9.17, 15) is 18.8 Å². The number of carbonyl (C=O) groups excluding carboxylic acids is 1. The van der Waals surface area contributed by atoms with Gasteiger partial charge < -0.3 is 9.30 Å². The summed E-state index contributed by atoms with van der Waals surface area (Å²) in [7, 11) is 0. The van der Waals surface area contributed by atoms with Crippen molar-refractivity contribution < 1.29 is 23.5 Å². The lowest BCUT2D eigenvalue weighted by Crippen LogP contribution is -2.35. The van der Waals surface area contributed by atoms with Gasteiger partial charge in [0.15, 0.2) is 0 Å². The summed E-state index contributed by atoms with van der Waals surface area (Å²) in [6.07, 6.45) is 3.98. The summed E-state index contributed by atoms with van der Waals surface area (Å²) in [5.74, 6) is -1.17. The molecule has 0 radical (unpaired) electrons. The van der Waals surface area contributed by atoms with Crippen LogP contribution < -0.4 is 0 Å². The van der Waals surface area contributed by atoms with E-state index in [2.05, 4.69) is 4.98 Å². The van der Waals surface area contributed by atoms with Gasteiger partial charge in [0.2, 0.25) is 0 Å². The second-order valence-electron chi connectivity index (χ2n) is 8.02. The van der Waals surface area contributed by atoms with Crippen LogP contribution in [0, 0.1) is 11.6 Å². The van der Waals surface area contributed by atoms with Crippen molar-refractivity contribution >= 4 is 29.2 Å². The molecule has 2 aromatic carbocycles. The van der Waals surface area contributed by atoms with E-state index in [0.717, 1.165) is 27.6 Å². The van der Waals surface area contributed by atoms with Gasteiger partial charge in [-0.05, 0) is 35.7 Å². The van der Waals surface area contributed by atoms with E-state index in [4.69, 9.17) is 4.74 Å². The standard InChI is InChI=1S/C25H21F2N3O3.ClH/c26-19-7-5-16(6-8-19)12-29-13-18(15-33-14-17-3-1-2-4-21(17)27)23-20-9-10-30(32)25(31)24(20)28-11-22(23)29;/h1-8,11,13,32H,9-10,12,14-15H2;1H. The van der Waals surface area contributed by atoms with Gasteiger partial charge in [-0.1, -0.05) is 30.3 Å². The van der Waals surface area contributed by atoms with Crippen LogP contribution in [-0.4, -0.2) is 32.3 Å². The molecule has 0 unspecified atom stereocenters. The summed E-state index contributed by atoms with van der Waals surface area (Å²) < 4.78 is 35.1. The molecular weight excluding hydrogens is 464 g/mol. The number of carbonyl (C=O) groups is 1. The molecule has 6 nitrogen and oxygen atoms in total. The van der Waals surface area contributed by atoms with Crippen LogP contribution >= 0.6 is 12.4 Å². The van der Waals surface area contributed by atoms with E-state index >= 15 is 0 Å². The summed E-state index contributed by atoms with van der Waals surface area (Å²) in [4.78, 5) is 16.8. The predicted molar refractivity (Wildman–Crippen MR) is 124 cm³/mol. The van der Waals surface area contributed by atoms with Crippen molar-refractivity contribution in [1.29, 1.82) is 0 Å². The number of halogens is 3. The first-order valence-electron chi connectivity index (χ1n) is 10.6. The van der Waals surface area contributed by atoms with Crippen LogP contribution in [0.1, 0.15) is 32.7 Å². The Balaban J connectivity index is 0.00000274. The highest BCUT2D eigenvalue weighted by Gasteiger charge is 2.28. The molecule has 1 N–H and O–H groups in total. The molecule has 0 spiro atoms. The minimum absolute atomic E-state index is 0. The van der Waals surface area contributed by atoms with Crippen LogP contribution in [-0.2, 0) is 30.9 Å². The van der Waals surface area contributed by atoms with Crippen molar-refractivity contribution in [2.75, 3.05) is 6.54 Å². The molecule has 0 aliphatic carbocycles. The molecule has 4 aromatic rings. The van der Waals surface area contributed by atoms with Gasteiger partial charge in [0.05, 0.1) is 31.5 Å². The highest BCUT2D eigenvalue weighted by molar-refractivity contribution is 6.00. The zero-order chi connectivity index (χ0) is 22.9. The van der Waals surface area contributed by atoms with Crippen LogP contribution in [0.3, 0.4) is 0 Å². The fourth-order valence-corrected chi connectivity index (χ4v) is 4.22. The molecular formula is C25H22ClF2N3O3. The summed E-state index contributed by atoms with van der Waals surface area (Å²) in [5.41, 5.74) is 3.98. The van der Waals surface area contributed by atoms with Gasteiger partial charge in [-0.25, -0.2) is 18.8 Å². The molecule has 2 aromatic heterocycles. The van der Waals surface area contributed by atoms with Crippen LogP contribution in [0.5, 0.6) is 0 Å². The molecule has 0 saturated heterocycles. The lowest BCUT2D eigenvalue weighted by atomic mass is 9.99. The molecule has 9 heteroatoms. The highest BCUT2D eigenvalue weighted by atomic mass is 35.5. The molecule has 0 bridgehead atoms. The van der Waals surface area contributed by atoms with Gasteiger partial charge in [0.1, 0.15) is 17.3 Å². The summed E-state index contributed by atoms with van der Waals surface area (Å²) in [6, 6.07) is 12.7. The number of benzene rings is 2. The van der Waals surface area contributed by atoms with Gasteiger partial charge in [-0.15, -0.1) is 12.4 Å². The number of hydroxylamine groups is 2. The first-order valence-corrected chi connectivity index (χ1v) is 10.6. The number of rotatable bonds is 6. The van der Waals surface area contributed by atoms with E-state index in [1.807, 2.05) is 10.8 Å². The number of fused-ring (bicyclic) bond motifs is 3. The Bertz CT molecular complexity index is 1340. The van der Waals surface area contributed by atoms with Gasteiger partial charge in [0.25, 0.3) is 5.91 Å². The average molecular weight is 486 g/mol. The first-order chi connectivity index (χ1) is 16.0. The lowest BCUT2D eigenvalue weighted by molar-refractivity contribution is -0.0606. The maximum atomic E-state index is 14.0. The number of amides is 1. The molecule has 0 saturated carbocycles. The zero-order valence-corrected chi connectivity index (χ0v) is 18.9. The molecule has 3 heterocycles. The number of ether oxygens (including phenoxy) is 1. The third-order valence-electron chi connectivity index (χ3n) is 5.85. The molecule has 176 valence electrons. The minimum atomic E-state index is -0.539. The SMILES string of the molecule is Cl.O=C1c2ncc3c(c(COCc4ccccc4F)cn3Cc3ccc(F)cc3)c2CCN1O. The van der Waals surface area contributed by atoms with Gasteiger partial charge in [-0.2, -0.15) is 0 Å². The fourth-order valence-electron chi connectivity index (χ4n) is 4.22. The Morgan fingerprint density at radius 2 is 1.76 bits per heavy atom. The van der Waals surface area contributed by atoms with Crippen molar-refractivity contribution in [2.45, 2.75) is 26.2 Å². The number of hydrogen-bond acceptors (Lipinski definition) is 4. The van der Waals surface area contributed by atoms with Crippen molar-refractivity contribution in [3.05, 3.63) is 101 Å². The molecule has 1 aliphatic rings. The Hall–Kier alpha value is -3.33. The summed E-state index contributed by atoms with van der Waals surface area (Å²) >= 11 is 0. The number of pyridine rings is 1. The van der Waals surface area contributed by atoms with Crippen LogP contribution in [0.25, 0.3) is 10.9 Å². The molecule has 0 atom stereocenters. The van der Waals surface area contributed by atoms with Crippen LogP contribution in [0.15, 0.2) is 60.9 Å². The number of aromatic nitrogens is 2. The molecule has 34 heavy (non-hydrogen) atoms. The summed E-state index contributed by atoms with van der Waals surface area (Å²) in [6.45, 7) is 0.957. The second-order valence-corrected chi connectivity index (χ2v) is 8.02. The first kappa shape index (κ1) is 23.8. The van der Waals surface area contributed by atoms with E-state index in [-0.39, 0.29) is 49.5 Å². The normalized spacial score (nSPS) is 13.1. The van der Waals surface area contributed by atoms with E-state index in [0.29, 0.717) is 23.6 Å². The van der Waals surface area contributed by atoms with Crippen LogP contribution in [0.4, 0.5) is 8.78 Å². The maximum Gasteiger partial charge on any atom is 0.296 e. The Kier molecular flexibility index (Phi) is 6.92. The zero-order valence-electron chi connectivity index (χ0n) is 18.1. The van der Waals surface area contributed by atoms with E-state index < -0.39 is 5.91 Å². The third kappa shape index (κ3) is 4.52. The van der Waals surface area contributed by atoms with Crippen molar-refractivity contribution in [3.8, 4) is 0 Å². The molecule has 0 fully saturated rings. The molecule has 1 aliphatic heterocycles. The van der Waals surface area contributed by atoms with Crippen molar-refractivity contribution in [3.63, 3.8) is 0 Å². The fraction of sp³-hybridized carbons (Fsp3) is 0.200. The van der Waals surface area contributed by atoms with Crippen molar-refractivity contribution in [2.24, 2.45) is 0 Å². The van der Waals surface area contributed by atoms with E-state index in [1.165, 1.54) is 18.2 Å².